The molecule has 0 unspecified atom stereocenters. The second kappa shape index (κ2) is 8.35. The average Bonchev–Trinajstić information content (AvgIpc) is 2.28. The second-order valence-corrected chi connectivity index (χ2v) is 4.62. The monoisotopic (exact) mass is 273 g/mol. The molecule has 104 valence electrons. The van der Waals surface area contributed by atoms with E-state index in [-0.39, 0.29) is 24.6 Å². The molecular formula is C14H24ClNO2. The Labute approximate surface area is 116 Å². The molecule has 1 rings (SSSR count). The minimum atomic E-state index is -0.475. The summed E-state index contributed by atoms with van der Waals surface area (Å²) in [6.45, 7) is 6.02. The molecule has 3 nitrogen and oxygen atoms in total. The number of nitrogens with two attached hydrogens (primary N) is 1. The third-order valence-corrected chi connectivity index (χ3v) is 2.64. The highest BCUT2D eigenvalue weighted by Crippen LogP contribution is 2.21. The molecule has 0 aliphatic carbocycles. The highest BCUT2D eigenvalue weighted by atomic mass is 35.5. The van der Waals surface area contributed by atoms with Crippen LogP contribution in [0.1, 0.15) is 45.2 Å². The van der Waals surface area contributed by atoms with Crippen LogP contribution in [0.2, 0.25) is 0 Å². The molecule has 0 spiro atoms. The maximum atomic E-state index is 9.83. The van der Waals surface area contributed by atoms with E-state index in [2.05, 4.69) is 0 Å². The Morgan fingerprint density at radius 2 is 1.78 bits per heavy atom. The van der Waals surface area contributed by atoms with Gasteiger partial charge in [0.2, 0.25) is 0 Å². The molecule has 1 aromatic rings. The zero-order valence-corrected chi connectivity index (χ0v) is 12.1. The van der Waals surface area contributed by atoms with Crippen LogP contribution in [0.5, 0.6) is 5.75 Å². The van der Waals surface area contributed by atoms with E-state index in [4.69, 9.17) is 10.5 Å². The van der Waals surface area contributed by atoms with Crippen molar-refractivity contribution < 1.29 is 9.84 Å². The van der Waals surface area contributed by atoms with E-state index < -0.39 is 6.10 Å². The molecule has 0 heterocycles. The van der Waals surface area contributed by atoms with Crippen LogP contribution in [0.25, 0.3) is 0 Å². The van der Waals surface area contributed by atoms with Crippen LogP contribution >= 0.6 is 12.4 Å². The Morgan fingerprint density at radius 3 is 2.22 bits per heavy atom. The molecule has 4 heteroatoms. The molecule has 0 saturated heterocycles. The summed E-state index contributed by atoms with van der Waals surface area (Å²) in [5, 5.41) is 9.83. The molecule has 0 bridgehead atoms. The molecule has 0 radical (unpaired) electrons. The van der Waals surface area contributed by atoms with Crippen LogP contribution in [-0.4, -0.2) is 17.3 Å². The molecule has 0 amide bonds. The van der Waals surface area contributed by atoms with Gasteiger partial charge in [0.25, 0.3) is 0 Å². The second-order valence-electron chi connectivity index (χ2n) is 4.62. The molecule has 0 aliphatic rings. The third kappa shape index (κ3) is 5.25. The number of aliphatic hydroxyl groups excluding tert-OH is 1. The Hall–Kier alpha value is -0.770. The first-order chi connectivity index (χ1) is 8.04. The lowest BCUT2D eigenvalue weighted by atomic mass is 9.99. The molecule has 0 aliphatic heterocycles. The Kier molecular flexibility index (Phi) is 8.00. The predicted octanol–water partition coefficient (Wildman–Crippen LogP) is 3.06. The van der Waals surface area contributed by atoms with E-state index in [1.165, 1.54) is 0 Å². The normalized spacial score (nSPS) is 13.9. The zero-order chi connectivity index (χ0) is 12.8. The van der Waals surface area contributed by atoms with Crippen LogP contribution in [0, 0.1) is 0 Å². The summed E-state index contributed by atoms with van der Waals surface area (Å²) < 4.78 is 5.55. The fourth-order valence-electron chi connectivity index (χ4n) is 1.74. The highest BCUT2D eigenvalue weighted by molar-refractivity contribution is 5.85. The van der Waals surface area contributed by atoms with Crippen molar-refractivity contribution in [3.63, 3.8) is 0 Å². The first kappa shape index (κ1) is 17.2. The van der Waals surface area contributed by atoms with Gasteiger partial charge < -0.3 is 15.6 Å². The summed E-state index contributed by atoms with van der Waals surface area (Å²) in [4.78, 5) is 0. The molecule has 0 saturated carbocycles. The number of aliphatic hydroxyl groups is 1. The van der Waals surface area contributed by atoms with Gasteiger partial charge in [-0.1, -0.05) is 25.5 Å². The molecule has 18 heavy (non-hydrogen) atoms. The van der Waals surface area contributed by atoms with Crippen molar-refractivity contribution in [1.82, 2.24) is 0 Å². The molecule has 0 aromatic heterocycles. The van der Waals surface area contributed by atoms with E-state index in [0.717, 1.165) is 24.2 Å². The van der Waals surface area contributed by atoms with E-state index in [0.29, 0.717) is 0 Å². The van der Waals surface area contributed by atoms with Crippen molar-refractivity contribution in [1.29, 1.82) is 0 Å². The van der Waals surface area contributed by atoms with Crippen molar-refractivity contribution in [3.8, 4) is 5.75 Å². The Bertz CT molecular complexity index is 327. The Morgan fingerprint density at radius 1 is 1.22 bits per heavy atom. The van der Waals surface area contributed by atoms with Crippen LogP contribution < -0.4 is 10.5 Å². The summed E-state index contributed by atoms with van der Waals surface area (Å²) in [6, 6.07) is 7.31. The molecule has 2 atom stereocenters. The van der Waals surface area contributed by atoms with E-state index in [1.54, 1.807) is 0 Å². The van der Waals surface area contributed by atoms with E-state index in [9.17, 15) is 5.11 Å². The number of hydrogen-bond donors (Lipinski definition) is 2. The fraction of sp³-hybridized carbons (Fsp3) is 0.571. The van der Waals surface area contributed by atoms with Crippen molar-refractivity contribution in [3.05, 3.63) is 29.8 Å². The van der Waals surface area contributed by atoms with Gasteiger partial charge in [-0.2, -0.15) is 0 Å². The quantitative estimate of drug-likeness (QED) is 0.838. The van der Waals surface area contributed by atoms with Crippen LogP contribution in [0.15, 0.2) is 24.3 Å². The first-order valence-electron chi connectivity index (χ1n) is 6.24. The van der Waals surface area contributed by atoms with Crippen molar-refractivity contribution in [2.24, 2.45) is 5.73 Å². The van der Waals surface area contributed by atoms with E-state index >= 15 is 0 Å². The average molecular weight is 274 g/mol. The molecule has 3 N–H and O–H groups in total. The number of hydrogen-bond acceptors (Lipinski definition) is 3. The van der Waals surface area contributed by atoms with Gasteiger partial charge in [0.05, 0.1) is 18.2 Å². The minimum absolute atomic E-state index is 0. The number of benzene rings is 1. The zero-order valence-electron chi connectivity index (χ0n) is 11.3. The highest BCUT2D eigenvalue weighted by Gasteiger charge is 2.15. The third-order valence-electron chi connectivity index (χ3n) is 2.64. The predicted molar refractivity (Wildman–Crippen MR) is 77.3 cm³/mol. The van der Waals surface area contributed by atoms with Gasteiger partial charge in [0, 0.05) is 0 Å². The minimum Gasteiger partial charge on any atom is -0.491 e. The van der Waals surface area contributed by atoms with Gasteiger partial charge in [-0.25, -0.2) is 0 Å². The largest absolute Gasteiger partial charge is 0.491 e. The van der Waals surface area contributed by atoms with Crippen LogP contribution in [-0.2, 0) is 0 Å². The van der Waals surface area contributed by atoms with Gasteiger partial charge in [0.15, 0.2) is 0 Å². The summed E-state index contributed by atoms with van der Waals surface area (Å²) >= 11 is 0. The lowest BCUT2D eigenvalue weighted by molar-refractivity contribution is 0.134. The Balaban J connectivity index is 0.00000289. The van der Waals surface area contributed by atoms with Gasteiger partial charge in [-0.3, -0.25) is 0 Å². The lowest BCUT2D eigenvalue weighted by Gasteiger charge is -2.19. The lowest BCUT2D eigenvalue weighted by Crippen LogP contribution is -2.25. The summed E-state index contributed by atoms with van der Waals surface area (Å²) in [7, 11) is 0. The fourth-order valence-corrected chi connectivity index (χ4v) is 1.74. The first-order valence-corrected chi connectivity index (χ1v) is 6.24. The molecule has 1 aromatic carbocycles. The maximum Gasteiger partial charge on any atom is 0.119 e. The van der Waals surface area contributed by atoms with Crippen molar-refractivity contribution in [2.45, 2.75) is 51.9 Å². The van der Waals surface area contributed by atoms with Crippen LogP contribution in [0.4, 0.5) is 0 Å². The van der Waals surface area contributed by atoms with Crippen LogP contribution in [0.3, 0.4) is 0 Å². The smallest absolute Gasteiger partial charge is 0.119 e. The van der Waals surface area contributed by atoms with Crippen molar-refractivity contribution >= 4 is 12.4 Å². The van der Waals surface area contributed by atoms with Gasteiger partial charge in [-0.05, 0) is 38.0 Å². The number of halogens is 1. The summed E-state index contributed by atoms with van der Waals surface area (Å²) in [5.74, 6) is 0.834. The van der Waals surface area contributed by atoms with Gasteiger partial charge >= 0.3 is 0 Å². The summed E-state index contributed by atoms with van der Waals surface area (Å²) in [5.41, 5.74) is 6.93. The molecule has 0 fully saturated rings. The van der Waals surface area contributed by atoms with Gasteiger partial charge in [0.1, 0.15) is 5.75 Å². The topological polar surface area (TPSA) is 55.5 Å². The van der Waals surface area contributed by atoms with E-state index in [1.807, 2.05) is 45.0 Å². The maximum absolute atomic E-state index is 9.83. The molecular weight excluding hydrogens is 250 g/mol. The number of ether oxygens (including phenoxy) is 1. The standard InChI is InChI=1S/C14H23NO2.ClH/c1-4-5-13(16)14(15)11-6-8-12(9-7-11)17-10(2)3;/h6-10,13-14,16H,4-5,15H2,1-3H3;1H/t13-,14+;/m0./s1. The SMILES string of the molecule is CCC[C@H](O)[C@H](N)c1ccc(OC(C)C)cc1.Cl. The van der Waals surface area contributed by atoms with Gasteiger partial charge in [-0.15, -0.1) is 12.4 Å². The van der Waals surface area contributed by atoms with Crippen molar-refractivity contribution in [2.75, 3.05) is 0 Å². The summed E-state index contributed by atoms with van der Waals surface area (Å²) in [6.07, 6.45) is 1.35. The number of rotatable bonds is 6.